The predicted octanol–water partition coefficient (Wildman–Crippen LogP) is 11.7. The molecular formula is C58H71ClF2N8O. The number of nitrogens with two attached hydrogens (primary N) is 1. The molecule has 4 fully saturated rings. The van der Waals surface area contributed by atoms with Crippen molar-refractivity contribution in [2.45, 2.75) is 114 Å². The second-order valence-electron chi connectivity index (χ2n) is 21.0. The maximum Gasteiger partial charge on any atom is 0.164 e. The van der Waals surface area contributed by atoms with Crippen LogP contribution in [0.2, 0.25) is 5.02 Å². The van der Waals surface area contributed by atoms with Gasteiger partial charge in [-0.05, 0) is 125 Å². The Balaban J connectivity index is 0.735. The number of halogens is 3. The van der Waals surface area contributed by atoms with Crippen LogP contribution in [0.4, 0.5) is 14.6 Å². The second kappa shape index (κ2) is 20.1. The number of hydrogen-bond donors (Lipinski definition) is 3. The van der Waals surface area contributed by atoms with E-state index in [1.807, 2.05) is 29.8 Å². The van der Waals surface area contributed by atoms with Gasteiger partial charge in [0.05, 0.1) is 10.5 Å². The minimum atomic E-state index is -0.894. The third-order valence-corrected chi connectivity index (χ3v) is 17.1. The normalized spacial score (nSPS) is 24.0. The van der Waals surface area contributed by atoms with Gasteiger partial charge in [0, 0.05) is 96.2 Å². The Morgan fingerprint density at radius 1 is 0.929 bits per heavy atom. The van der Waals surface area contributed by atoms with Crippen LogP contribution in [0.1, 0.15) is 118 Å². The summed E-state index contributed by atoms with van der Waals surface area (Å²) in [7, 11) is 2.05. The first-order valence-corrected chi connectivity index (χ1v) is 26.3. The molecule has 3 saturated heterocycles. The molecule has 2 unspecified atom stereocenters. The molecular weight excluding hydrogens is 898 g/mol. The topological polar surface area (TPSA) is 86.9 Å². The zero-order valence-electron chi connectivity index (χ0n) is 41.4. The smallest absolute Gasteiger partial charge is 0.164 e. The van der Waals surface area contributed by atoms with Crippen LogP contribution < -0.4 is 26.0 Å². The van der Waals surface area contributed by atoms with E-state index in [1.54, 1.807) is 12.1 Å². The quantitative estimate of drug-likeness (QED) is 0.108. The molecule has 10 rings (SSSR count). The average Bonchev–Trinajstić information content (AvgIpc) is 3.84. The number of anilines is 1. The van der Waals surface area contributed by atoms with Gasteiger partial charge in [-0.2, -0.15) is 5.10 Å². The fourth-order valence-electron chi connectivity index (χ4n) is 12.7. The molecule has 9 nitrogen and oxygen atoms in total. The third-order valence-electron chi connectivity index (χ3n) is 16.7. The van der Waals surface area contributed by atoms with Crippen molar-refractivity contribution in [2.75, 3.05) is 50.7 Å². The van der Waals surface area contributed by atoms with E-state index in [4.69, 9.17) is 27.2 Å². The fraction of sp³-hybridized carbons (Fsp3) is 0.466. The molecule has 4 N–H and O–H groups in total. The zero-order valence-corrected chi connectivity index (χ0v) is 42.2. The molecule has 1 aromatic heterocycles. The van der Waals surface area contributed by atoms with Crippen LogP contribution in [0.3, 0.4) is 0 Å². The van der Waals surface area contributed by atoms with Crippen LogP contribution in [0.25, 0.3) is 27.7 Å². The van der Waals surface area contributed by atoms with Gasteiger partial charge >= 0.3 is 0 Å². The number of ether oxygens (including phenoxy) is 1. The highest BCUT2D eigenvalue weighted by Gasteiger charge is 2.50. The van der Waals surface area contributed by atoms with Crippen LogP contribution in [0.15, 0.2) is 98.0 Å². The number of rotatable bonds is 13. The van der Waals surface area contributed by atoms with Gasteiger partial charge < -0.3 is 35.8 Å². The maximum atomic E-state index is 16.7. The van der Waals surface area contributed by atoms with Crippen molar-refractivity contribution in [3.05, 3.63) is 142 Å². The van der Waals surface area contributed by atoms with Crippen molar-refractivity contribution in [2.24, 2.45) is 18.7 Å². The lowest BCUT2D eigenvalue weighted by Crippen LogP contribution is -2.50. The first-order chi connectivity index (χ1) is 33.8. The van der Waals surface area contributed by atoms with Crippen LogP contribution in [-0.4, -0.2) is 77.5 Å². The van der Waals surface area contributed by atoms with E-state index in [0.717, 1.165) is 74.1 Å². The molecule has 1 saturated carbocycles. The summed E-state index contributed by atoms with van der Waals surface area (Å²) in [4.78, 5) is 7.66. The summed E-state index contributed by atoms with van der Waals surface area (Å²) < 4.78 is 41.6. The van der Waals surface area contributed by atoms with Crippen LogP contribution in [0, 0.1) is 17.6 Å². The van der Waals surface area contributed by atoms with Crippen molar-refractivity contribution >= 4 is 34.0 Å². The van der Waals surface area contributed by atoms with E-state index < -0.39 is 17.2 Å². The van der Waals surface area contributed by atoms with Crippen LogP contribution in [0.5, 0.6) is 5.75 Å². The number of piperidine rings is 2. The predicted molar refractivity (Wildman–Crippen MR) is 282 cm³/mol. The van der Waals surface area contributed by atoms with Crippen LogP contribution in [-0.2, 0) is 19.1 Å². The van der Waals surface area contributed by atoms with Crippen molar-refractivity contribution in [1.29, 1.82) is 0 Å². The van der Waals surface area contributed by atoms with E-state index in [2.05, 4.69) is 89.4 Å². The molecule has 0 bridgehead atoms. The first-order valence-electron chi connectivity index (χ1n) is 25.9. The number of benzene rings is 4. The molecule has 5 aliphatic rings. The number of fused-ring (bicyclic) bond motifs is 2. The van der Waals surface area contributed by atoms with E-state index in [9.17, 15) is 0 Å². The Morgan fingerprint density at radius 3 is 2.37 bits per heavy atom. The van der Waals surface area contributed by atoms with Gasteiger partial charge in [-0.15, -0.1) is 0 Å². The molecule has 370 valence electrons. The van der Waals surface area contributed by atoms with Crippen molar-refractivity contribution in [1.82, 2.24) is 30.2 Å². The molecule has 5 heterocycles. The highest BCUT2D eigenvalue weighted by atomic mass is 35.5. The molecule has 4 aromatic carbocycles. The zero-order chi connectivity index (χ0) is 48.8. The van der Waals surface area contributed by atoms with E-state index in [0.29, 0.717) is 59.0 Å². The van der Waals surface area contributed by atoms with Crippen LogP contribution >= 0.6 is 11.6 Å². The van der Waals surface area contributed by atoms with Gasteiger partial charge in [0.1, 0.15) is 23.2 Å². The number of hydrogen-bond acceptors (Lipinski definition) is 8. The van der Waals surface area contributed by atoms with Gasteiger partial charge in [0.25, 0.3) is 0 Å². The summed E-state index contributed by atoms with van der Waals surface area (Å²) in [5, 5.41) is 13.2. The van der Waals surface area contributed by atoms with Crippen molar-refractivity contribution in [3.63, 3.8) is 0 Å². The lowest BCUT2D eigenvalue weighted by Gasteiger charge is -2.42. The first kappa shape index (κ1) is 48.4. The second-order valence-corrected chi connectivity index (χ2v) is 21.4. The Labute approximate surface area is 418 Å². The number of likely N-dealkylation sites (tertiary alicyclic amines) is 2. The summed E-state index contributed by atoms with van der Waals surface area (Å²) in [6, 6.07) is 23.0. The lowest BCUT2D eigenvalue weighted by molar-refractivity contribution is 0.0596. The largest absolute Gasteiger partial charge is 0.480 e. The van der Waals surface area contributed by atoms with Gasteiger partial charge in [0.15, 0.2) is 11.4 Å². The third kappa shape index (κ3) is 9.16. The summed E-state index contributed by atoms with van der Waals surface area (Å²) in [5.41, 5.74) is 12.3. The number of nitrogens with zero attached hydrogens (tertiary/aromatic N) is 5. The summed E-state index contributed by atoms with van der Waals surface area (Å²) in [6.45, 7) is 23.3. The van der Waals surface area contributed by atoms with E-state index in [1.165, 1.54) is 80.7 Å². The minimum Gasteiger partial charge on any atom is -0.480 e. The van der Waals surface area contributed by atoms with Crippen molar-refractivity contribution < 1.29 is 13.5 Å². The fourth-order valence-corrected chi connectivity index (χ4v) is 13.0. The lowest BCUT2D eigenvalue weighted by atomic mass is 9.77. The van der Waals surface area contributed by atoms with E-state index >= 15 is 8.78 Å². The Morgan fingerprint density at radius 2 is 1.67 bits per heavy atom. The molecule has 2 atom stereocenters. The highest BCUT2D eigenvalue weighted by Crippen LogP contribution is 2.56. The maximum absolute atomic E-state index is 16.7. The summed E-state index contributed by atoms with van der Waals surface area (Å²) in [6.07, 6.45) is 11.8. The molecule has 0 amide bonds. The SMILES string of the molecule is C=C1CCN(c2nn(C)c3cc(C4CCN(C5CCC(CN6CCC(NCC7(c8ccccc8)Oc8cc(F)c(Cl)c(-c9c(C(=C)N)ccc(CCC)c9F)c8C7C)CC6)CC5)CC4)ccc23)C(=C)N1. The van der Waals surface area contributed by atoms with Crippen molar-refractivity contribution in [3.8, 4) is 16.9 Å². The molecule has 1 aliphatic carbocycles. The average molecular weight is 970 g/mol. The number of nitrogens with one attached hydrogen (secondary N) is 2. The molecule has 70 heavy (non-hydrogen) atoms. The Bertz CT molecular complexity index is 2770. The highest BCUT2D eigenvalue weighted by molar-refractivity contribution is 6.34. The molecule has 0 radical (unpaired) electrons. The number of aromatic nitrogens is 2. The summed E-state index contributed by atoms with van der Waals surface area (Å²) >= 11 is 6.89. The molecule has 0 spiro atoms. The monoisotopic (exact) mass is 969 g/mol. The van der Waals surface area contributed by atoms with Gasteiger partial charge in [-0.25, -0.2) is 8.78 Å². The van der Waals surface area contributed by atoms with E-state index in [-0.39, 0.29) is 22.2 Å². The van der Waals surface area contributed by atoms with Gasteiger partial charge in [-0.1, -0.05) is 100 Å². The Hall–Kier alpha value is -5.20. The standard InChI is InChI=1S/C58H71ClF2N8O/c1-7-11-42-16-20-47(38(4)62)53(56(42)61)54-52-37(3)58(44-12-9-8-10-13-44,70-51(52)33-49(60)55(54)59)35-63-45-25-27-67(28-26-45)34-40-14-18-46(19-15-40)68-29-23-41(24-30-68)43-17-21-48-50(32-43)66(6)65-57(48)69-31-22-36(2)64-39(69)5/h8-10,12-13,16-17,20-21,32-33,37,40-41,45-46,63-64H,2,4-5,7,11,14-15,18-19,22-31,34-35,62H2,1,3,6H3. The van der Waals surface area contributed by atoms with Gasteiger partial charge in [0.2, 0.25) is 0 Å². The number of aryl methyl sites for hydroxylation is 2. The molecule has 5 aromatic rings. The molecule has 4 aliphatic heterocycles. The summed E-state index contributed by atoms with van der Waals surface area (Å²) in [5.74, 6) is 2.06. The van der Waals surface area contributed by atoms with Gasteiger partial charge in [-0.3, -0.25) is 4.68 Å². The minimum absolute atomic E-state index is 0.140. The molecule has 12 heteroatoms. The Kier molecular flexibility index (Phi) is 13.9.